The quantitative estimate of drug-likeness (QED) is 0.834. The van der Waals surface area contributed by atoms with Crippen LogP contribution in [0.5, 0.6) is 5.75 Å². The molecule has 0 bridgehead atoms. The second-order valence-electron chi connectivity index (χ2n) is 4.31. The Balaban J connectivity index is 2.56. The van der Waals surface area contributed by atoms with Gasteiger partial charge in [0.25, 0.3) is 5.91 Å². The number of aryl methyl sites for hydroxylation is 2. The lowest BCUT2D eigenvalue weighted by Crippen LogP contribution is -2.36. The summed E-state index contributed by atoms with van der Waals surface area (Å²) in [7, 11) is 0. The zero-order chi connectivity index (χ0) is 13.5. The molecule has 18 heavy (non-hydrogen) atoms. The molecule has 0 fully saturated rings. The van der Waals surface area contributed by atoms with Crippen LogP contribution in [0.2, 0.25) is 0 Å². The fourth-order valence-corrected chi connectivity index (χ4v) is 1.83. The van der Waals surface area contributed by atoms with Crippen LogP contribution in [0.15, 0.2) is 18.2 Å². The maximum Gasteiger partial charge on any atom is 0.260 e. The highest BCUT2D eigenvalue weighted by molar-refractivity contribution is 5.77. The Morgan fingerprint density at radius 2 is 1.89 bits per heavy atom. The van der Waals surface area contributed by atoms with Crippen LogP contribution in [-0.4, -0.2) is 42.2 Å². The molecule has 0 saturated carbocycles. The van der Waals surface area contributed by atoms with Gasteiger partial charge < -0.3 is 14.7 Å². The minimum atomic E-state index is -0.106. The van der Waals surface area contributed by atoms with Crippen molar-refractivity contribution < 1.29 is 14.6 Å². The van der Waals surface area contributed by atoms with Gasteiger partial charge >= 0.3 is 0 Å². The van der Waals surface area contributed by atoms with Crippen LogP contribution in [0.25, 0.3) is 0 Å². The molecule has 1 aromatic rings. The molecule has 0 atom stereocenters. The molecule has 0 aliphatic carbocycles. The van der Waals surface area contributed by atoms with E-state index in [1.54, 1.807) is 4.90 Å². The summed E-state index contributed by atoms with van der Waals surface area (Å²) in [5.41, 5.74) is 2.22. The summed E-state index contributed by atoms with van der Waals surface area (Å²) in [6.07, 6.45) is 0. The normalized spacial score (nSPS) is 10.2. The van der Waals surface area contributed by atoms with Crippen molar-refractivity contribution in [3.63, 3.8) is 0 Å². The first kappa shape index (κ1) is 14.5. The molecule has 0 spiro atoms. The molecule has 100 valence electrons. The summed E-state index contributed by atoms with van der Waals surface area (Å²) in [6, 6.07) is 5.87. The third kappa shape index (κ3) is 4.37. The van der Waals surface area contributed by atoms with Crippen LogP contribution in [0.4, 0.5) is 0 Å². The van der Waals surface area contributed by atoms with Crippen molar-refractivity contribution in [3.05, 3.63) is 29.3 Å². The third-order valence-electron chi connectivity index (χ3n) is 2.66. The van der Waals surface area contributed by atoms with Gasteiger partial charge in [-0.1, -0.05) is 6.07 Å². The number of hydrogen-bond acceptors (Lipinski definition) is 3. The molecular weight excluding hydrogens is 230 g/mol. The topological polar surface area (TPSA) is 49.8 Å². The highest BCUT2D eigenvalue weighted by atomic mass is 16.5. The van der Waals surface area contributed by atoms with Crippen LogP contribution in [-0.2, 0) is 4.79 Å². The first-order valence-electron chi connectivity index (χ1n) is 6.16. The Bertz CT molecular complexity index is 384. The van der Waals surface area contributed by atoms with Crippen LogP contribution < -0.4 is 4.74 Å². The molecule has 0 aromatic heterocycles. The van der Waals surface area contributed by atoms with Gasteiger partial charge in [0.1, 0.15) is 5.75 Å². The fraction of sp³-hybridized carbons (Fsp3) is 0.500. The fourth-order valence-electron chi connectivity index (χ4n) is 1.83. The van der Waals surface area contributed by atoms with Gasteiger partial charge in [-0.25, -0.2) is 0 Å². The number of aliphatic hydroxyl groups is 1. The lowest BCUT2D eigenvalue weighted by molar-refractivity contribution is -0.133. The molecule has 4 heteroatoms. The lowest BCUT2D eigenvalue weighted by atomic mass is 10.1. The molecule has 0 heterocycles. The standard InChI is InChI=1S/C14H21NO3/c1-4-15(5-6-16)14(17)10-18-13-8-11(2)7-12(3)9-13/h7-9,16H,4-6,10H2,1-3H3. The van der Waals surface area contributed by atoms with Gasteiger partial charge in [0.15, 0.2) is 6.61 Å². The van der Waals surface area contributed by atoms with Gasteiger partial charge in [-0.15, -0.1) is 0 Å². The average Bonchev–Trinajstić information content (AvgIpc) is 2.32. The third-order valence-corrected chi connectivity index (χ3v) is 2.66. The molecule has 0 radical (unpaired) electrons. The largest absolute Gasteiger partial charge is 0.484 e. The Hall–Kier alpha value is -1.55. The Morgan fingerprint density at radius 3 is 2.39 bits per heavy atom. The van der Waals surface area contributed by atoms with Gasteiger partial charge in [-0.2, -0.15) is 0 Å². The van der Waals surface area contributed by atoms with Gasteiger partial charge in [-0.3, -0.25) is 4.79 Å². The smallest absolute Gasteiger partial charge is 0.260 e. The maximum atomic E-state index is 11.8. The number of hydrogen-bond donors (Lipinski definition) is 1. The molecule has 1 amide bonds. The number of carbonyl (C=O) groups is 1. The van der Waals surface area contributed by atoms with Gasteiger partial charge in [0, 0.05) is 13.1 Å². The van der Waals surface area contributed by atoms with Crippen LogP contribution in [0.1, 0.15) is 18.1 Å². The predicted octanol–water partition coefficient (Wildman–Crippen LogP) is 1.52. The predicted molar refractivity (Wildman–Crippen MR) is 70.8 cm³/mol. The van der Waals surface area contributed by atoms with E-state index in [-0.39, 0.29) is 19.1 Å². The van der Waals surface area contributed by atoms with Crippen molar-refractivity contribution in [2.75, 3.05) is 26.3 Å². The summed E-state index contributed by atoms with van der Waals surface area (Å²) in [5, 5.41) is 8.84. The molecule has 1 rings (SSSR count). The monoisotopic (exact) mass is 251 g/mol. The van der Waals surface area contributed by atoms with E-state index in [4.69, 9.17) is 9.84 Å². The van der Waals surface area contributed by atoms with Crippen molar-refractivity contribution in [1.82, 2.24) is 4.90 Å². The highest BCUT2D eigenvalue weighted by Gasteiger charge is 2.11. The van der Waals surface area contributed by atoms with Crippen LogP contribution in [0, 0.1) is 13.8 Å². The number of rotatable bonds is 6. The van der Waals surface area contributed by atoms with E-state index in [1.165, 1.54) is 0 Å². The SMILES string of the molecule is CCN(CCO)C(=O)COc1cc(C)cc(C)c1. The Labute approximate surface area is 108 Å². The summed E-state index contributed by atoms with van der Waals surface area (Å²) in [5.74, 6) is 0.603. The molecule has 1 aromatic carbocycles. The van der Waals surface area contributed by atoms with Gasteiger partial charge in [-0.05, 0) is 44.0 Å². The Morgan fingerprint density at radius 1 is 1.28 bits per heavy atom. The molecular formula is C14H21NO3. The Kier molecular flexibility index (Phi) is 5.65. The van der Waals surface area contributed by atoms with E-state index in [0.717, 1.165) is 11.1 Å². The van der Waals surface area contributed by atoms with Crippen molar-refractivity contribution >= 4 is 5.91 Å². The number of likely N-dealkylation sites (N-methyl/N-ethyl adjacent to an activating group) is 1. The minimum absolute atomic E-state index is 0.0106. The van der Waals surface area contributed by atoms with Gasteiger partial charge in [0.05, 0.1) is 6.61 Å². The average molecular weight is 251 g/mol. The zero-order valence-electron chi connectivity index (χ0n) is 11.3. The number of ether oxygens (including phenoxy) is 1. The van der Waals surface area contributed by atoms with Crippen LogP contribution >= 0.6 is 0 Å². The first-order chi connectivity index (χ1) is 8.56. The van der Waals surface area contributed by atoms with E-state index in [0.29, 0.717) is 18.8 Å². The lowest BCUT2D eigenvalue weighted by Gasteiger charge is -2.19. The van der Waals surface area contributed by atoms with Crippen molar-refractivity contribution in [2.45, 2.75) is 20.8 Å². The molecule has 0 aliphatic rings. The molecule has 0 unspecified atom stereocenters. The number of carbonyl (C=O) groups excluding carboxylic acids is 1. The van der Waals surface area contributed by atoms with Gasteiger partial charge in [0.2, 0.25) is 0 Å². The van der Waals surface area contributed by atoms with Crippen LogP contribution in [0.3, 0.4) is 0 Å². The zero-order valence-corrected chi connectivity index (χ0v) is 11.3. The van der Waals surface area contributed by atoms with E-state index < -0.39 is 0 Å². The second kappa shape index (κ2) is 7.01. The molecule has 0 aliphatic heterocycles. The highest BCUT2D eigenvalue weighted by Crippen LogP contribution is 2.16. The summed E-state index contributed by atoms with van der Waals surface area (Å²) < 4.78 is 5.49. The number of nitrogens with zero attached hydrogens (tertiary/aromatic N) is 1. The summed E-state index contributed by atoms with van der Waals surface area (Å²) in [4.78, 5) is 13.4. The molecule has 1 N–H and O–H groups in total. The number of aliphatic hydroxyl groups excluding tert-OH is 1. The minimum Gasteiger partial charge on any atom is -0.484 e. The molecule has 4 nitrogen and oxygen atoms in total. The van der Waals surface area contributed by atoms with Crippen molar-refractivity contribution in [1.29, 1.82) is 0 Å². The van der Waals surface area contributed by atoms with E-state index in [1.807, 2.05) is 32.9 Å². The summed E-state index contributed by atoms with van der Waals surface area (Å²) in [6.45, 7) is 6.78. The number of benzene rings is 1. The van der Waals surface area contributed by atoms with E-state index >= 15 is 0 Å². The molecule has 0 saturated heterocycles. The van der Waals surface area contributed by atoms with Crippen molar-refractivity contribution in [3.8, 4) is 5.75 Å². The van der Waals surface area contributed by atoms with Crippen molar-refractivity contribution in [2.24, 2.45) is 0 Å². The first-order valence-corrected chi connectivity index (χ1v) is 6.16. The summed E-state index contributed by atoms with van der Waals surface area (Å²) >= 11 is 0. The maximum absolute atomic E-state index is 11.8. The number of amides is 1. The van der Waals surface area contributed by atoms with E-state index in [9.17, 15) is 4.79 Å². The van der Waals surface area contributed by atoms with E-state index in [2.05, 4.69) is 6.07 Å². The second-order valence-corrected chi connectivity index (χ2v) is 4.31.